The molecule has 13 rings (SSSR count). The smallest absolute Gasteiger partial charge is 0.000731 e. The van der Waals surface area contributed by atoms with E-state index in [0.717, 1.165) is 0 Å². The Balaban J connectivity index is 1.27. The first kappa shape index (κ1) is 43.3. The molecular formula is C70H64. The van der Waals surface area contributed by atoms with Crippen LogP contribution in [0.25, 0.3) is 130 Å². The molecule has 0 heterocycles. The van der Waals surface area contributed by atoms with Gasteiger partial charge in [-0.3, -0.25) is 0 Å². The third-order valence-corrected chi connectivity index (χ3v) is 16.7. The lowest BCUT2D eigenvalue weighted by Gasteiger charge is -2.24. The summed E-state index contributed by atoms with van der Waals surface area (Å²) >= 11 is 0. The maximum atomic E-state index is 2.62. The second kappa shape index (κ2) is 14.4. The van der Waals surface area contributed by atoms with E-state index in [9.17, 15) is 0 Å². The Kier molecular flexibility index (Phi) is 8.91. The number of hydrogen-bond acceptors (Lipinski definition) is 0. The van der Waals surface area contributed by atoms with Crippen LogP contribution in [0.3, 0.4) is 0 Å². The van der Waals surface area contributed by atoms with Crippen LogP contribution in [0.2, 0.25) is 0 Å². The van der Waals surface area contributed by atoms with Crippen LogP contribution in [-0.2, 0) is 10.8 Å². The summed E-state index contributed by atoms with van der Waals surface area (Å²) in [6.07, 6.45) is 0. The van der Waals surface area contributed by atoms with Crippen molar-refractivity contribution in [2.45, 2.75) is 120 Å². The molecule has 0 saturated heterocycles. The molecule has 13 aromatic carbocycles. The minimum atomic E-state index is 0.0361. The van der Waals surface area contributed by atoms with Gasteiger partial charge in [0.15, 0.2) is 0 Å². The van der Waals surface area contributed by atoms with Gasteiger partial charge in [0, 0.05) is 0 Å². The highest BCUT2D eigenvalue weighted by Gasteiger charge is 2.28. The molecule has 0 atom stereocenters. The number of aryl methyl sites for hydroxylation is 4. The minimum Gasteiger partial charge on any atom is -0.0587 e. The first-order valence-corrected chi connectivity index (χ1v) is 26.0. The zero-order chi connectivity index (χ0) is 48.8. The molecule has 13 aromatic rings. The first-order chi connectivity index (χ1) is 33.3. The lowest BCUT2D eigenvalue weighted by Crippen LogP contribution is -2.13. The molecule has 0 radical (unpaired) electrons. The van der Waals surface area contributed by atoms with E-state index in [1.807, 2.05) is 0 Å². The highest BCUT2D eigenvalue weighted by molar-refractivity contribution is 6.45. The van der Waals surface area contributed by atoms with Gasteiger partial charge in [-0.05, 0) is 237 Å². The van der Waals surface area contributed by atoms with Gasteiger partial charge < -0.3 is 0 Å². The summed E-state index contributed by atoms with van der Waals surface area (Å²) in [6, 6.07) is 49.6. The SMILES string of the molecule is Cc1cc2cc(C)cc3c4c(-c5ccc(C(C)(C)C)c(C)c5)c5cc6c(cc5c(-c5ccc(C(C)(C)C)c(C)c5)c4c(c1)c23)c1ccc2c3cc(C(C)C)cc4cc(C(C)C)cc(c5ccc6c1c25)c43. The summed E-state index contributed by atoms with van der Waals surface area (Å²) < 4.78 is 0. The summed E-state index contributed by atoms with van der Waals surface area (Å²) in [4.78, 5) is 0. The molecule has 0 heteroatoms. The summed E-state index contributed by atoms with van der Waals surface area (Å²) in [5.74, 6) is 0.862. The fraction of sp³-hybridized carbons (Fsp3) is 0.257. The van der Waals surface area contributed by atoms with Crippen molar-refractivity contribution in [2.24, 2.45) is 0 Å². The molecule has 0 unspecified atom stereocenters. The minimum absolute atomic E-state index is 0.0361. The third kappa shape index (κ3) is 5.95. The zero-order valence-electron chi connectivity index (χ0n) is 43.7. The molecule has 0 N–H and O–H groups in total. The van der Waals surface area contributed by atoms with Gasteiger partial charge in [-0.15, -0.1) is 0 Å². The number of benzene rings is 11. The van der Waals surface area contributed by atoms with Crippen LogP contribution in [0.5, 0.6) is 0 Å². The quantitative estimate of drug-likeness (QED) is 0.122. The fourth-order valence-corrected chi connectivity index (χ4v) is 13.7. The van der Waals surface area contributed by atoms with Crippen LogP contribution in [0, 0.1) is 27.7 Å². The second-order valence-corrected chi connectivity index (χ2v) is 24.3. The van der Waals surface area contributed by atoms with Gasteiger partial charge in [0.2, 0.25) is 0 Å². The lowest BCUT2D eigenvalue weighted by molar-refractivity contribution is 0.586. The fourth-order valence-electron chi connectivity index (χ4n) is 13.7. The predicted molar refractivity (Wildman–Crippen MR) is 310 cm³/mol. The van der Waals surface area contributed by atoms with Crippen LogP contribution in [0.4, 0.5) is 0 Å². The van der Waals surface area contributed by atoms with Gasteiger partial charge in [0.05, 0.1) is 0 Å². The van der Waals surface area contributed by atoms with Gasteiger partial charge in [-0.1, -0.05) is 178 Å². The molecule has 344 valence electrons. The molecule has 0 amide bonds. The highest BCUT2D eigenvalue weighted by Crippen LogP contribution is 2.55. The summed E-state index contributed by atoms with van der Waals surface area (Å²) in [7, 11) is 0. The standard InChI is InChI=1S/C70H64/c1-35(2)43-29-46-30-44(36(3)4)32-54-50-20-18-48-52-34-56-55(33-51(52)47-17-19-49(66(50)65(47)48)53(31-43)61(46)54)63(41-15-21-59(39(7)27-41)69(9,10)11)67-57-25-37(5)23-45-24-38(6)26-58(62(45)57)68(67)64(56)42-16-22-60(40(8)28-42)70(12,13)14/h15-36H,1-14H3. The Morgan fingerprint density at radius 2 is 0.671 bits per heavy atom. The molecule has 0 fully saturated rings. The summed E-state index contributed by atoms with van der Waals surface area (Å²) in [6.45, 7) is 32.6. The van der Waals surface area contributed by atoms with Crippen molar-refractivity contribution in [2.75, 3.05) is 0 Å². The molecule has 0 bridgehead atoms. The lowest BCUT2D eigenvalue weighted by atomic mass is 9.80. The van der Waals surface area contributed by atoms with E-state index in [1.54, 1.807) is 0 Å². The van der Waals surface area contributed by atoms with Crippen molar-refractivity contribution in [1.29, 1.82) is 0 Å². The van der Waals surface area contributed by atoms with Crippen molar-refractivity contribution < 1.29 is 0 Å². The van der Waals surface area contributed by atoms with Crippen molar-refractivity contribution in [3.63, 3.8) is 0 Å². The maximum Gasteiger partial charge on any atom is -0.000731 e. The molecule has 70 heavy (non-hydrogen) atoms. The van der Waals surface area contributed by atoms with E-state index in [0.29, 0.717) is 11.8 Å². The van der Waals surface area contributed by atoms with Crippen LogP contribution in [0.15, 0.2) is 121 Å². The van der Waals surface area contributed by atoms with Crippen molar-refractivity contribution in [1.82, 2.24) is 0 Å². The molecule has 0 aliphatic rings. The Bertz CT molecular complexity index is 4110. The van der Waals surface area contributed by atoms with Crippen molar-refractivity contribution >= 4 is 108 Å². The average Bonchev–Trinajstić information content (AvgIpc) is 3.78. The molecule has 0 aromatic heterocycles. The Morgan fingerprint density at radius 3 is 1.04 bits per heavy atom. The number of hydrogen-bond donors (Lipinski definition) is 0. The summed E-state index contributed by atoms with van der Waals surface area (Å²) in [5, 5.41) is 27.2. The molecule has 0 nitrogen and oxygen atoms in total. The summed E-state index contributed by atoms with van der Waals surface area (Å²) in [5.41, 5.74) is 16.2. The molecular weight excluding hydrogens is 841 g/mol. The molecule has 0 aliphatic heterocycles. The van der Waals surface area contributed by atoms with Crippen LogP contribution < -0.4 is 0 Å². The Hall–Kier alpha value is -6.76. The van der Waals surface area contributed by atoms with E-state index in [2.05, 4.69) is 218 Å². The van der Waals surface area contributed by atoms with Crippen molar-refractivity contribution in [3.8, 4) is 22.3 Å². The predicted octanol–water partition coefficient (Wildman–Crippen LogP) is 20.9. The molecule has 0 spiro atoms. The third-order valence-electron chi connectivity index (χ3n) is 16.7. The molecule has 0 saturated carbocycles. The maximum absolute atomic E-state index is 2.62. The zero-order valence-corrected chi connectivity index (χ0v) is 43.7. The average molecular weight is 905 g/mol. The number of fused-ring (bicyclic) bond motifs is 9. The van der Waals surface area contributed by atoms with E-state index >= 15 is 0 Å². The van der Waals surface area contributed by atoms with Gasteiger partial charge in [0.1, 0.15) is 0 Å². The number of rotatable bonds is 4. The monoisotopic (exact) mass is 905 g/mol. The van der Waals surface area contributed by atoms with Crippen LogP contribution in [0.1, 0.15) is 126 Å². The van der Waals surface area contributed by atoms with Crippen LogP contribution in [-0.4, -0.2) is 0 Å². The van der Waals surface area contributed by atoms with Gasteiger partial charge in [-0.25, -0.2) is 0 Å². The van der Waals surface area contributed by atoms with E-state index < -0.39 is 0 Å². The second-order valence-electron chi connectivity index (χ2n) is 24.3. The van der Waals surface area contributed by atoms with Gasteiger partial charge in [-0.2, -0.15) is 0 Å². The van der Waals surface area contributed by atoms with Crippen molar-refractivity contribution in [3.05, 3.63) is 166 Å². The van der Waals surface area contributed by atoms with Gasteiger partial charge >= 0.3 is 0 Å². The van der Waals surface area contributed by atoms with Gasteiger partial charge in [0.25, 0.3) is 0 Å². The first-order valence-electron chi connectivity index (χ1n) is 26.0. The largest absolute Gasteiger partial charge is 0.0587 e. The highest BCUT2D eigenvalue weighted by atomic mass is 14.3. The van der Waals surface area contributed by atoms with E-state index in [4.69, 9.17) is 0 Å². The van der Waals surface area contributed by atoms with E-state index in [1.165, 1.54) is 174 Å². The van der Waals surface area contributed by atoms with Crippen LogP contribution >= 0.6 is 0 Å². The molecule has 0 aliphatic carbocycles. The van der Waals surface area contributed by atoms with E-state index in [-0.39, 0.29) is 10.8 Å². The Labute approximate surface area is 413 Å². The Morgan fingerprint density at radius 1 is 0.300 bits per heavy atom. The normalized spacial score (nSPS) is 13.3. The topological polar surface area (TPSA) is 0 Å².